The van der Waals surface area contributed by atoms with Gasteiger partial charge in [0.25, 0.3) is 0 Å². The second kappa shape index (κ2) is 6.70. The summed E-state index contributed by atoms with van der Waals surface area (Å²) < 4.78 is 6.53. The van der Waals surface area contributed by atoms with Crippen LogP contribution in [-0.2, 0) is 19.8 Å². The molecule has 0 aliphatic carbocycles. The molecule has 2 aromatic rings. The Morgan fingerprint density at radius 2 is 1.42 bits per heavy atom. The van der Waals surface area contributed by atoms with E-state index < -0.39 is 0 Å². The van der Waals surface area contributed by atoms with E-state index in [0.29, 0.717) is 6.61 Å². The Labute approximate surface area is 120 Å². The Hall–Kier alpha value is -1.36. The zero-order valence-electron chi connectivity index (χ0n) is 10.3. The molecule has 3 nitrogen and oxygen atoms in total. The SMILES string of the molecule is OCc1ccc(COc2ccc(CO)cc2Br)cc1. The molecule has 4 heteroatoms. The minimum Gasteiger partial charge on any atom is -0.488 e. The van der Waals surface area contributed by atoms with Crippen LogP contribution in [0.25, 0.3) is 0 Å². The molecule has 0 amide bonds. The van der Waals surface area contributed by atoms with Crippen LogP contribution in [0.2, 0.25) is 0 Å². The van der Waals surface area contributed by atoms with Crippen molar-refractivity contribution in [2.24, 2.45) is 0 Å². The van der Waals surface area contributed by atoms with Gasteiger partial charge in [0, 0.05) is 0 Å². The zero-order valence-corrected chi connectivity index (χ0v) is 11.9. The molecule has 0 radical (unpaired) electrons. The van der Waals surface area contributed by atoms with Crippen LogP contribution in [-0.4, -0.2) is 10.2 Å². The van der Waals surface area contributed by atoms with Gasteiger partial charge in [0.2, 0.25) is 0 Å². The van der Waals surface area contributed by atoms with Gasteiger partial charge in [0.15, 0.2) is 0 Å². The maximum atomic E-state index is 9.03. The summed E-state index contributed by atoms with van der Waals surface area (Å²) in [7, 11) is 0. The van der Waals surface area contributed by atoms with Crippen molar-refractivity contribution in [1.29, 1.82) is 0 Å². The summed E-state index contributed by atoms with van der Waals surface area (Å²) in [5.74, 6) is 0.739. The van der Waals surface area contributed by atoms with Gasteiger partial charge in [-0.25, -0.2) is 0 Å². The van der Waals surface area contributed by atoms with Crippen molar-refractivity contribution in [2.45, 2.75) is 19.8 Å². The van der Waals surface area contributed by atoms with Gasteiger partial charge in [-0.1, -0.05) is 30.3 Å². The minimum absolute atomic E-state index is 0.0154. The highest BCUT2D eigenvalue weighted by atomic mass is 79.9. The zero-order chi connectivity index (χ0) is 13.7. The first-order valence-corrected chi connectivity index (χ1v) is 6.73. The van der Waals surface area contributed by atoms with Gasteiger partial charge >= 0.3 is 0 Å². The largest absolute Gasteiger partial charge is 0.488 e. The van der Waals surface area contributed by atoms with E-state index in [4.69, 9.17) is 14.9 Å². The van der Waals surface area contributed by atoms with E-state index in [1.807, 2.05) is 42.5 Å². The first-order chi connectivity index (χ1) is 9.22. The van der Waals surface area contributed by atoms with Crippen molar-refractivity contribution < 1.29 is 14.9 Å². The first-order valence-electron chi connectivity index (χ1n) is 5.93. The fourth-order valence-electron chi connectivity index (χ4n) is 1.66. The molecule has 0 fully saturated rings. The molecular weight excluding hydrogens is 308 g/mol. The van der Waals surface area contributed by atoms with Gasteiger partial charge in [0.1, 0.15) is 12.4 Å². The van der Waals surface area contributed by atoms with Gasteiger partial charge in [-0.15, -0.1) is 0 Å². The molecule has 0 aliphatic rings. The van der Waals surface area contributed by atoms with Crippen molar-refractivity contribution in [3.05, 3.63) is 63.6 Å². The van der Waals surface area contributed by atoms with Crippen molar-refractivity contribution in [3.63, 3.8) is 0 Å². The molecule has 0 saturated heterocycles. The lowest BCUT2D eigenvalue weighted by atomic mass is 10.1. The average molecular weight is 323 g/mol. The summed E-state index contributed by atoms with van der Waals surface area (Å²) in [6.07, 6.45) is 0. The number of benzene rings is 2. The topological polar surface area (TPSA) is 49.7 Å². The third-order valence-corrected chi connectivity index (χ3v) is 3.40. The van der Waals surface area contributed by atoms with Gasteiger partial charge in [-0.05, 0) is 44.8 Å². The van der Waals surface area contributed by atoms with E-state index in [1.54, 1.807) is 0 Å². The lowest BCUT2D eigenvalue weighted by molar-refractivity contribution is 0.279. The quantitative estimate of drug-likeness (QED) is 0.889. The fraction of sp³-hybridized carbons (Fsp3) is 0.200. The lowest BCUT2D eigenvalue weighted by Crippen LogP contribution is -1.97. The van der Waals surface area contributed by atoms with Crippen LogP contribution in [0.3, 0.4) is 0 Å². The van der Waals surface area contributed by atoms with E-state index in [1.165, 1.54) is 0 Å². The number of aliphatic hydroxyl groups is 2. The molecule has 19 heavy (non-hydrogen) atoms. The number of hydrogen-bond acceptors (Lipinski definition) is 3. The van der Waals surface area contributed by atoms with Crippen LogP contribution in [0, 0.1) is 0 Å². The third kappa shape index (κ3) is 3.80. The molecular formula is C15H15BrO3. The van der Waals surface area contributed by atoms with Crippen molar-refractivity contribution >= 4 is 15.9 Å². The van der Waals surface area contributed by atoms with Crippen LogP contribution in [0.5, 0.6) is 5.75 Å². The number of hydrogen-bond donors (Lipinski definition) is 2. The van der Waals surface area contributed by atoms with E-state index in [9.17, 15) is 0 Å². The van der Waals surface area contributed by atoms with Crippen molar-refractivity contribution in [3.8, 4) is 5.75 Å². The van der Waals surface area contributed by atoms with Crippen molar-refractivity contribution in [1.82, 2.24) is 0 Å². The molecule has 2 N–H and O–H groups in total. The Balaban J connectivity index is 2.01. The van der Waals surface area contributed by atoms with E-state index in [-0.39, 0.29) is 13.2 Å². The second-order valence-electron chi connectivity index (χ2n) is 4.19. The van der Waals surface area contributed by atoms with Crippen LogP contribution in [0.4, 0.5) is 0 Å². The van der Waals surface area contributed by atoms with E-state index in [2.05, 4.69) is 15.9 Å². The molecule has 0 bridgehead atoms. The molecule has 0 heterocycles. The van der Waals surface area contributed by atoms with Crippen LogP contribution < -0.4 is 4.74 Å². The van der Waals surface area contributed by atoms with Gasteiger partial charge in [0.05, 0.1) is 17.7 Å². The van der Waals surface area contributed by atoms with E-state index >= 15 is 0 Å². The Morgan fingerprint density at radius 1 is 0.842 bits per heavy atom. The van der Waals surface area contributed by atoms with Gasteiger partial charge < -0.3 is 14.9 Å². The molecule has 100 valence electrons. The highest BCUT2D eigenvalue weighted by Crippen LogP contribution is 2.26. The maximum absolute atomic E-state index is 9.03. The van der Waals surface area contributed by atoms with Crippen LogP contribution in [0.1, 0.15) is 16.7 Å². The first kappa shape index (κ1) is 14.1. The minimum atomic E-state index is 0.0154. The van der Waals surface area contributed by atoms with Crippen LogP contribution >= 0.6 is 15.9 Å². The predicted molar refractivity (Wildman–Crippen MR) is 76.8 cm³/mol. The highest BCUT2D eigenvalue weighted by molar-refractivity contribution is 9.10. The summed E-state index contributed by atoms with van der Waals surface area (Å²) in [5.41, 5.74) is 2.76. The summed E-state index contributed by atoms with van der Waals surface area (Å²) in [6.45, 7) is 0.527. The summed E-state index contributed by atoms with van der Waals surface area (Å²) in [4.78, 5) is 0. The number of ether oxygens (including phenoxy) is 1. The molecule has 0 aliphatic heterocycles. The second-order valence-corrected chi connectivity index (χ2v) is 5.04. The maximum Gasteiger partial charge on any atom is 0.134 e. The summed E-state index contributed by atoms with van der Waals surface area (Å²) in [5, 5.41) is 18.0. The Kier molecular flexibility index (Phi) is 4.96. The molecule has 0 aromatic heterocycles. The molecule has 0 unspecified atom stereocenters. The Bertz CT molecular complexity index is 538. The van der Waals surface area contributed by atoms with Gasteiger partial charge in [-0.2, -0.15) is 0 Å². The monoisotopic (exact) mass is 322 g/mol. The molecule has 0 spiro atoms. The van der Waals surface area contributed by atoms with Crippen molar-refractivity contribution in [2.75, 3.05) is 0 Å². The molecule has 2 rings (SSSR count). The van der Waals surface area contributed by atoms with E-state index in [0.717, 1.165) is 26.9 Å². The highest BCUT2D eigenvalue weighted by Gasteiger charge is 2.03. The number of aliphatic hydroxyl groups excluding tert-OH is 2. The fourth-order valence-corrected chi connectivity index (χ4v) is 2.20. The molecule has 0 saturated carbocycles. The number of rotatable bonds is 5. The third-order valence-electron chi connectivity index (χ3n) is 2.78. The standard InChI is InChI=1S/C15H15BrO3/c16-14-7-13(9-18)5-6-15(14)19-10-12-3-1-11(8-17)2-4-12/h1-7,17-18H,8-10H2. The molecule has 0 atom stereocenters. The van der Waals surface area contributed by atoms with Gasteiger partial charge in [-0.3, -0.25) is 0 Å². The lowest BCUT2D eigenvalue weighted by Gasteiger charge is -2.09. The van der Waals surface area contributed by atoms with Crippen LogP contribution in [0.15, 0.2) is 46.9 Å². The summed E-state index contributed by atoms with van der Waals surface area (Å²) in [6, 6.07) is 13.1. The number of halogens is 1. The smallest absolute Gasteiger partial charge is 0.134 e. The molecule has 2 aromatic carbocycles. The normalized spacial score (nSPS) is 10.5. The average Bonchev–Trinajstić information content (AvgIpc) is 2.46. The Morgan fingerprint density at radius 3 is 2.00 bits per heavy atom. The predicted octanol–water partition coefficient (Wildman–Crippen LogP) is 3.01. The summed E-state index contributed by atoms with van der Waals surface area (Å²) >= 11 is 3.42.